The highest BCUT2D eigenvalue weighted by atomic mass is 16.5. The van der Waals surface area contributed by atoms with Gasteiger partial charge in [0.1, 0.15) is 5.75 Å². The average Bonchev–Trinajstić information content (AvgIpc) is 2.78. The van der Waals surface area contributed by atoms with Gasteiger partial charge in [-0.2, -0.15) is 0 Å². The van der Waals surface area contributed by atoms with E-state index < -0.39 is 5.92 Å². The van der Waals surface area contributed by atoms with E-state index in [0.29, 0.717) is 29.7 Å². The third-order valence-corrected chi connectivity index (χ3v) is 6.16. The van der Waals surface area contributed by atoms with Crippen LogP contribution in [0.5, 0.6) is 23.0 Å². The zero-order valence-corrected chi connectivity index (χ0v) is 19.3. The Morgan fingerprint density at radius 3 is 2.15 bits per heavy atom. The Balaban J connectivity index is 1.67. The third kappa shape index (κ3) is 4.53. The topological polar surface area (TPSA) is 94.1 Å². The number of methoxy groups -OCH3 is 2. The molecule has 1 aliphatic carbocycles. The maximum Gasteiger partial charge on any atom is 0.225 e. The van der Waals surface area contributed by atoms with Gasteiger partial charge in [0, 0.05) is 30.0 Å². The second-order valence-electron chi connectivity index (χ2n) is 8.74. The Morgan fingerprint density at radius 2 is 1.58 bits per heavy atom. The fraction of sp³-hybridized carbons (Fsp3) is 0.385. The number of amides is 1. The number of nitrogens with one attached hydrogen (secondary N) is 1. The number of allylic oxidation sites excluding steroid dienone is 2. The highest BCUT2D eigenvalue weighted by Gasteiger charge is 2.38. The van der Waals surface area contributed by atoms with Crippen LogP contribution in [0.3, 0.4) is 0 Å². The van der Waals surface area contributed by atoms with E-state index in [1.807, 2.05) is 38.1 Å². The van der Waals surface area contributed by atoms with Crippen molar-refractivity contribution >= 4 is 11.7 Å². The molecule has 33 heavy (non-hydrogen) atoms. The summed E-state index contributed by atoms with van der Waals surface area (Å²) in [7, 11) is 2.90. The van der Waals surface area contributed by atoms with Crippen LogP contribution in [0.25, 0.3) is 0 Å². The van der Waals surface area contributed by atoms with Crippen LogP contribution in [0.1, 0.15) is 56.1 Å². The van der Waals surface area contributed by atoms with Gasteiger partial charge in [0.25, 0.3) is 0 Å². The zero-order valence-electron chi connectivity index (χ0n) is 19.3. The Bertz CT molecular complexity index is 1080. The first kappa shape index (κ1) is 22.7. The smallest absolute Gasteiger partial charge is 0.225 e. The predicted octanol–water partition coefficient (Wildman–Crippen LogP) is 4.20. The number of hydrogen-bond acceptors (Lipinski definition) is 6. The number of carbonyl (C=O) groups excluding carboxylic acids is 2. The molecule has 1 aliphatic heterocycles. The lowest BCUT2D eigenvalue weighted by Crippen LogP contribution is -2.38. The number of carbonyl (C=O) groups is 2. The standard InChI is InChI=1S/C26H29NO6/c1-14(2)33-18-7-5-15(6-8-18)16-9-20-25(21(28)10-16)19(13-24(29)27-20)17-11-22(31-3)26(30)23(12-17)32-4/h5-8,11-12,14,16,19,30H,9-10,13H2,1-4H3,(H,27,29)/t16-,19+/m0/s1. The van der Waals surface area contributed by atoms with Crippen LogP contribution in [0.2, 0.25) is 0 Å². The molecule has 2 aromatic rings. The molecule has 0 saturated carbocycles. The molecule has 1 heterocycles. The van der Waals surface area contributed by atoms with Gasteiger partial charge in [0.05, 0.1) is 20.3 Å². The summed E-state index contributed by atoms with van der Waals surface area (Å²) >= 11 is 0. The van der Waals surface area contributed by atoms with Gasteiger partial charge in [-0.3, -0.25) is 9.59 Å². The first-order chi connectivity index (χ1) is 15.8. The molecule has 0 bridgehead atoms. The van der Waals surface area contributed by atoms with Gasteiger partial charge in [-0.15, -0.1) is 0 Å². The molecule has 2 aromatic carbocycles. The molecule has 0 unspecified atom stereocenters. The first-order valence-corrected chi connectivity index (χ1v) is 11.1. The molecule has 7 nitrogen and oxygen atoms in total. The molecule has 174 valence electrons. The van der Waals surface area contributed by atoms with Crippen LogP contribution in [0.15, 0.2) is 47.7 Å². The lowest BCUT2D eigenvalue weighted by atomic mass is 9.73. The number of rotatable bonds is 6. The fourth-order valence-electron chi connectivity index (χ4n) is 4.69. The third-order valence-electron chi connectivity index (χ3n) is 6.16. The summed E-state index contributed by atoms with van der Waals surface area (Å²) in [5, 5.41) is 13.2. The Kier molecular flexibility index (Phi) is 6.31. The fourth-order valence-corrected chi connectivity index (χ4v) is 4.69. The van der Waals surface area contributed by atoms with Crippen molar-refractivity contribution in [1.82, 2.24) is 5.32 Å². The number of ether oxygens (including phenoxy) is 3. The minimum absolute atomic E-state index is 0.0137. The Hall–Kier alpha value is -3.48. The summed E-state index contributed by atoms with van der Waals surface area (Å²) < 4.78 is 16.3. The molecular weight excluding hydrogens is 422 g/mol. The van der Waals surface area contributed by atoms with Gasteiger partial charge in [-0.25, -0.2) is 0 Å². The van der Waals surface area contributed by atoms with Crippen molar-refractivity contribution in [1.29, 1.82) is 0 Å². The van der Waals surface area contributed by atoms with Crippen molar-refractivity contribution in [2.75, 3.05) is 14.2 Å². The van der Waals surface area contributed by atoms with E-state index in [2.05, 4.69) is 5.32 Å². The lowest BCUT2D eigenvalue weighted by Gasteiger charge is -2.34. The number of ketones is 1. The molecule has 2 aliphatic rings. The highest BCUT2D eigenvalue weighted by molar-refractivity contribution is 6.02. The second kappa shape index (κ2) is 9.17. The van der Waals surface area contributed by atoms with E-state index in [1.54, 1.807) is 12.1 Å². The summed E-state index contributed by atoms with van der Waals surface area (Å²) in [5.41, 5.74) is 3.03. The SMILES string of the molecule is COc1cc([C@H]2CC(=O)NC3=C2C(=O)C[C@@H](c2ccc(OC(C)C)cc2)C3)cc(OC)c1O. The summed E-state index contributed by atoms with van der Waals surface area (Å²) in [5.74, 6) is 0.582. The van der Waals surface area contributed by atoms with Crippen molar-refractivity contribution < 1.29 is 28.9 Å². The molecule has 0 radical (unpaired) electrons. The van der Waals surface area contributed by atoms with Crippen molar-refractivity contribution in [2.45, 2.75) is 51.0 Å². The van der Waals surface area contributed by atoms with Gasteiger partial charge >= 0.3 is 0 Å². The predicted molar refractivity (Wildman–Crippen MR) is 123 cm³/mol. The zero-order chi connectivity index (χ0) is 23.7. The monoisotopic (exact) mass is 451 g/mol. The van der Waals surface area contributed by atoms with Gasteiger partial charge in [0.15, 0.2) is 17.3 Å². The lowest BCUT2D eigenvalue weighted by molar-refractivity contribution is -0.122. The number of hydrogen-bond donors (Lipinski definition) is 2. The summed E-state index contributed by atoms with van der Waals surface area (Å²) in [6.45, 7) is 3.95. The first-order valence-electron chi connectivity index (χ1n) is 11.1. The molecule has 0 spiro atoms. The Morgan fingerprint density at radius 1 is 0.939 bits per heavy atom. The number of benzene rings is 2. The van der Waals surface area contributed by atoms with Crippen molar-refractivity contribution in [2.24, 2.45) is 0 Å². The second-order valence-corrected chi connectivity index (χ2v) is 8.74. The summed E-state index contributed by atoms with van der Waals surface area (Å²) in [6, 6.07) is 11.1. The minimum atomic E-state index is -0.424. The van der Waals surface area contributed by atoms with E-state index in [0.717, 1.165) is 11.3 Å². The summed E-state index contributed by atoms with van der Waals surface area (Å²) in [4.78, 5) is 25.9. The van der Waals surface area contributed by atoms with Crippen LogP contribution < -0.4 is 19.5 Å². The van der Waals surface area contributed by atoms with Crippen LogP contribution in [-0.4, -0.2) is 37.1 Å². The van der Waals surface area contributed by atoms with Gasteiger partial charge < -0.3 is 24.6 Å². The Labute approximate surface area is 193 Å². The number of aromatic hydroxyl groups is 1. The van der Waals surface area contributed by atoms with E-state index in [-0.39, 0.29) is 47.4 Å². The normalized spacial score (nSPS) is 20.4. The molecular formula is C26H29NO6. The number of Topliss-reactive ketones (excluding diaryl/α,β-unsaturated/α-hetero) is 1. The highest BCUT2D eigenvalue weighted by Crippen LogP contribution is 2.46. The number of phenolic OH excluding ortho intramolecular Hbond substituents is 1. The van der Waals surface area contributed by atoms with Crippen LogP contribution in [-0.2, 0) is 9.59 Å². The van der Waals surface area contributed by atoms with Gasteiger partial charge in [-0.05, 0) is 61.6 Å². The minimum Gasteiger partial charge on any atom is -0.502 e. The van der Waals surface area contributed by atoms with Crippen molar-refractivity contribution in [3.05, 3.63) is 58.8 Å². The molecule has 0 aromatic heterocycles. The van der Waals surface area contributed by atoms with E-state index in [9.17, 15) is 14.7 Å². The van der Waals surface area contributed by atoms with Crippen LogP contribution >= 0.6 is 0 Å². The van der Waals surface area contributed by atoms with E-state index in [1.165, 1.54) is 14.2 Å². The van der Waals surface area contributed by atoms with Crippen molar-refractivity contribution in [3.63, 3.8) is 0 Å². The summed E-state index contributed by atoms with van der Waals surface area (Å²) in [6.07, 6.45) is 1.17. The average molecular weight is 452 g/mol. The van der Waals surface area contributed by atoms with E-state index in [4.69, 9.17) is 14.2 Å². The molecule has 4 rings (SSSR count). The molecule has 0 saturated heterocycles. The maximum absolute atomic E-state index is 13.3. The van der Waals surface area contributed by atoms with Gasteiger partial charge in [-0.1, -0.05) is 12.1 Å². The van der Waals surface area contributed by atoms with Crippen molar-refractivity contribution in [3.8, 4) is 23.0 Å². The maximum atomic E-state index is 13.3. The molecule has 2 N–H and O–H groups in total. The molecule has 0 fully saturated rings. The molecule has 1 amide bonds. The number of phenols is 1. The van der Waals surface area contributed by atoms with Gasteiger partial charge in [0.2, 0.25) is 11.7 Å². The largest absolute Gasteiger partial charge is 0.502 e. The quantitative estimate of drug-likeness (QED) is 0.684. The van der Waals surface area contributed by atoms with E-state index >= 15 is 0 Å². The van der Waals surface area contributed by atoms with Crippen LogP contribution in [0.4, 0.5) is 0 Å². The molecule has 2 atom stereocenters. The molecule has 7 heteroatoms. The van der Waals surface area contributed by atoms with Crippen LogP contribution in [0, 0.1) is 0 Å².